The minimum atomic E-state index is -0.390. The summed E-state index contributed by atoms with van der Waals surface area (Å²) in [6.45, 7) is 4.47. The number of carbonyl (C=O) groups is 1. The van der Waals surface area contributed by atoms with Crippen LogP contribution in [0.5, 0.6) is 0 Å². The first-order chi connectivity index (χ1) is 18.4. The first-order valence-corrected chi connectivity index (χ1v) is 12.9. The number of benzene rings is 2. The molecule has 3 aromatic heterocycles. The van der Waals surface area contributed by atoms with Crippen molar-refractivity contribution in [1.82, 2.24) is 20.3 Å². The zero-order chi connectivity index (χ0) is 27.1. The topological polar surface area (TPSA) is 122 Å². The number of hydrogen-bond acceptors (Lipinski definition) is 6. The summed E-state index contributed by atoms with van der Waals surface area (Å²) >= 11 is 12.5. The second-order valence-electron chi connectivity index (χ2n) is 8.51. The number of H-pyrrole nitrogens is 1. The Morgan fingerprint density at radius 3 is 2.71 bits per heavy atom. The number of fused-ring (bicyclic) bond motifs is 1. The minimum absolute atomic E-state index is 0.219. The number of nitrogens with one attached hydrogen (secondary N) is 3. The maximum atomic E-state index is 12.9. The molecule has 0 fully saturated rings. The molecule has 5 aromatic rings. The Labute approximate surface area is 230 Å². The summed E-state index contributed by atoms with van der Waals surface area (Å²) in [5, 5.41) is 7.98. The average Bonchev–Trinajstić information content (AvgIpc) is 3.58. The molecule has 10 heteroatoms. The van der Waals surface area contributed by atoms with E-state index in [1.807, 2.05) is 36.4 Å². The van der Waals surface area contributed by atoms with Gasteiger partial charge in [-0.05, 0) is 48.0 Å². The van der Waals surface area contributed by atoms with E-state index in [9.17, 15) is 4.79 Å². The lowest BCUT2D eigenvalue weighted by molar-refractivity contribution is 0.0933. The third-order valence-electron chi connectivity index (χ3n) is 5.45. The summed E-state index contributed by atoms with van der Waals surface area (Å²) in [7, 11) is 0. The van der Waals surface area contributed by atoms with Crippen LogP contribution in [0.1, 0.15) is 42.4 Å². The largest absolute Gasteiger partial charge is 0.464 e. The number of anilines is 2. The number of nitrogens with two attached hydrogens (primary N) is 1. The van der Waals surface area contributed by atoms with Crippen molar-refractivity contribution < 1.29 is 9.21 Å². The second-order valence-corrected chi connectivity index (χ2v) is 9.36. The average molecular weight is 551 g/mol. The molecule has 0 aliphatic rings. The van der Waals surface area contributed by atoms with Crippen LogP contribution in [-0.2, 0) is 0 Å². The number of furan rings is 1. The van der Waals surface area contributed by atoms with Crippen LogP contribution in [0.4, 0.5) is 11.6 Å². The molecule has 0 saturated carbocycles. The quantitative estimate of drug-likeness (QED) is 0.171. The molecule has 5 N–H and O–H groups in total. The van der Waals surface area contributed by atoms with E-state index >= 15 is 0 Å². The van der Waals surface area contributed by atoms with Crippen LogP contribution in [0.2, 0.25) is 10.0 Å². The molecule has 8 nitrogen and oxygen atoms in total. The fraction of sp³-hybridized carbons (Fsp3) is 0.179. The lowest BCUT2D eigenvalue weighted by atomic mass is 10.1. The van der Waals surface area contributed by atoms with Gasteiger partial charge in [0, 0.05) is 34.4 Å². The molecule has 3 heterocycles. The number of hydrogen-bond donors (Lipinski definition) is 4. The van der Waals surface area contributed by atoms with Crippen molar-refractivity contribution in [1.29, 1.82) is 0 Å². The van der Waals surface area contributed by atoms with Crippen molar-refractivity contribution in [2.75, 3.05) is 11.9 Å². The van der Waals surface area contributed by atoms with Crippen LogP contribution >= 0.6 is 23.2 Å². The van der Waals surface area contributed by atoms with Crippen LogP contribution in [0.25, 0.3) is 22.2 Å². The van der Waals surface area contributed by atoms with Gasteiger partial charge in [-0.25, -0.2) is 9.97 Å². The van der Waals surface area contributed by atoms with Crippen LogP contribution in [0.15, 0.2) is 77.7 Å². The molecule has 0 aliphatic heterocycles. The standard InChI is InChI=1S/C25H20Cl2N6O2.C3H8/c26-17-3-1-2-14(8-17)21(11-28)32-24(34)20-10-16(12-29-20)23-19(27)13-30-25(33-23)31-18-4-5-22-15(9-18)6-7-35-22;1-3-2/h1-10,12-13,21,29H,11,28H2,(H,32,34)(H,30,31,33);3H2,1-2H3. The molecule has 0 radical (unpaired) electrons. The first kappa shape index (κ1) is 27.2. The first-order valence-electron chi connectivity index (χ1n) is 12.1. The Kier molecular flexibility index (Phi) is 9.02. The molecule has 196 valence electrons. The van der Waals surface area contributed by atoms with E-state index in [4.69, 9.17) is 33.4 Å². The molecule has 1 atom stereocenters. The summed E-state index contributed by atoms with van der Waals surface area (Å²) in [5.41, 5.74) is 9.77. The number of rotatable bonds is 7. The van der Waals surface area contributed by atoms with Gasteiger partial charge in [0.1, 0.15) is 11.3 Å². The lowest BCUT2D eigenvalue weighted by Gasteiger charge is -2.17. The second kappa shape index (κ2) is 12.6. The highest BCUT2D eigenvalue weighted by Gasteiger charge is 2.18. The molecule has 2 aromatic carbocycles. The highest BCUT2D eigenvalue weighted by atomic mass is 35.5. The summed E-state index contributed by atoms with van der Waals surface area (Å²) in [6, 6.07) is 16.1. The smallest absolute Gasteiger partial charge is 0.268 e. The molecule has 0 spiro atoms. The molecule has 38 heavy (non-hydrogen) atoms. The highest BCUT2D eigenvalue weighted by Crippen LogP contribution is 2.29. The number of nitrogens with zero attached hydrogens (tertiary/aromatic N) is 2. The zero-order valence-corrected chi connectivity index (χ0v) is 22.5. The Balaban J connectivity index is 0.00000107. The Hall–Kier alpha value is -3.85. The van der Waals surface area contributed by atoms with Gasteiger partial charge in [-0.2, -0.15) is 0 Å². The monoisotopic (exact) mass is 550 g/mol. The van der Waals surface area contributed by atoms with Crippen molar-refractivity contribution >= 4 is 51.7 Å². The third kappa shape index (κ3) is 6.52. The van der Waals surface area contributed by atoms with Crippen LogP contribution in [0, 0.1) is 0 Å². The van der Waals surface area contributed by atoms with E-state index in [-0.39, 0.29) is 18.5 Å². The number of aromatic nitrogens is 3. The molecule has 0 bridgehead atoms. The molecule has 0 saturated heterocycles. The van der Waals surface area contributed by atoms with Crippen molar-refractivity contribution in [2.24, 2.45) is 5.73 Å². The predicted molar refractivity (Wildman–Crippen MR) is 153 cm³/mol. The van der Waals surface area contributed by atoms with E-state index in [0.717, 1.165) is 22.2 Å². The van der Waals surface area contributed by atoms with Crippen LogP contribution in [0.3, 0.4) is 0 Å². The summed E-state index contributed by atoms with van der Waals surface area (Å²) in [5.74, 6) is 0.0483. The maximum absolute atomic E-state index is 12.9. The highest BCUT2D eigenvalue weighted by molar-refractivity contribution is 6.33. The zero-order valence-electron chi connectivity index (χ0n) is 21.0. The summed E-state index contributed by atoms with van der Waals surface area (Å²) in [6.07, 6.45) is 6.07. The van der Waals surface area contributed by atoms with Gasteiger partial charge in [-0.3, -0.25) is 4.79 Å². The van der Waals surface area contributed by atoms with Gasteiger partial charge in [-0.1, -0.05) is 55.6 Å². The van der Waals surface area contributed by atoms with E-state index in [1.165, 1.54) is 12.6 Å². The van der Waals surface area contributed by atoms with Gasteiger partial charge in [0.2, 0.25) is 5.95 Å². The van der Waals surface area contributed by atoms with Gasteiger partial charge in [0.05, 0.1) is 29.2 Å². The van der Waals surface area contributed by atoms with Crippen LogP contribution in [-0.4, -0.2) is 27.4 Å². The van der Waals surface area contributed by atoms with Crippen molar-refractivity contribution in [2.45, 2.75) is 26.3 Å². The van der Waals surface area contributed by atoms with E-state index in [2.05, 4.69) is 39.4 Å². The van der Waals surface area contributed by atoms with E-state index in [1.54, 1.807) is 30.7 Å². The van der Waals surface area contributed by atoms with E-state index < -0.39 is 0 Å². The van der Waals surface area contributed by atoms with Gasteiger partial charge in [-0.15, -0.1) is 0 Å². The molecule has 5 rings (SSSR count). The SMILES string of the molecule is CCC.NCC(NC(=O)c1cc(-c2nc(Nc3ccc4occc4c3)ncc2Cl)c[nH]1)c1cccc(Cl)c1. The van der Waals surface area contributed by atoms with Gasteiger partial charge in [0.15, 0.2) is 0 Å². The maximum Gasteiger partial charge on any atom is 0.268 e. The van der Waals surface area contributed by atoms with Crippen molar-refractivity contribution in [3.63, 3.8) is 0 Å². The molecule has 1 amide bonds. The lowest BCUT2D eigenvalue weighted by Crippen LogP contribution is -2.33. The fourth-order valence-corrected chi connectivity index (χ4v) is 4.10. The predicted octanol–water partition coefficient (Wildman–Crippen LogP) is 7.11. The van der Waals surface area contributed by atoms with Gasteiger partial charge in [0.25, 0.3) is 5.91 Å². The summed E-state index contributed by atoms with van der Waals surface area (Å²) < 4.78 is 5.37. The molecular formula is C28H28Cl2N6O2. The number of amides is 1. The Morgan fingerprint density at radius 2 is 1.95 bits per heavy atom. The number of halogens is 2. The van der Waals surface area contributed by atoms with Crippen LogP contribution < -0.4 is 16.4 Å². The van der Waals surface area contributed by atoms with Gasteiger partial charge >= 0.3 is 0 Å². The summed E-state index contributed by atoms with van der Waals surface area (Å²) in [4.78, 5) is 24.7. The fourth-order valence-electron chi connectivity index (χ4n) is 3.70. The Bertz CT molecular complexity index is 1530. The Morgan fingerprint density at radius 1 is 1.13 bits per heavy atom. The molecule has 0 aliphatic carbocycles. The number of carbonyl (C=O) groups excluding carboxylic acids is 1. The normalized spacial score (nSPS) is 11.5. The van der Waals surface area contributed by atoms with Gasteiger partial charge < -0.3 is 25.8 Å². The molecule has 1 unspecified atom stereocenters. The van der Waals surface area contributed by atoms with Crippen molar-refractivity contribution in [3.05, 3.63) is 94.6 Å². The van der Waals surface area contributed by atoms with Crippen molar-refractivity contribution in [3.8, 4) is 11.3 Å². The minimum Gasteiger partial charge on any atom is -0.464 e. The number of aromatic amines is 1. The molecular weight excluding hydrogens is 523 g/mol. The third-order valence-corrected chi connectivity index (χ3v) is 5.96. The van der Waals surface area contributed by atoms with E-state index in [0.29, 0.717) is 32.9 Å².